The Hall–Kier alpha value is -2.69. The monoisotopic (exact) mass is 324 g/mol. The van der Waals surface area contributed by atoms with Gasteiger partial charge in [0.15, 0.2) is 0 Å². The van der Waals surface area contributed by atoms with Crippen molar-refractivity contribution >= 4 is 11.4 Å². The van der Waals surface area contributed by atoms with E-state index < -0.39 is 0 Å². The summed E-state index contributed by atoms with van der Waals surface area (Å²) in [5.41, 5.74) is 3.78. The van der Waals surface area contributed by atoms with Crippen molar-refractivity contribution in [2.24, 2.45) is 5.92 Å². The van der Waals surface area contributed by atoms with Gasteiger partial charge in [-0.1, -0.05) is 24.3 Å². The van der Waals surface area contributed by atoms with Gasteiger partial charge in [-0.05, 0) is 48.1 Å². The van der Waals surface area contributed by atoms with E-state index in [-0.39, 0.29) is 34.3 Å². The Balaban J connectivity index is 1.83. The summed E-state index contributed by atoms with van der Waals surface area (Å²) in [4.78, 5) is 10.8. The topological polar surface area (TPSA) is 55.2 Å². The first-order valence-corrected chi connectivity index (χ1v) is 8.02. The van der Waals surface area contributed by atoms with Gasteiger partial charge in [0.25, 0.3) is 5.69 Å². The van der Waals surface area contributed by atoms with E-state index in [2.05, 4.69) is 17.5 Å². The Morgan fingerprint density at radius 3 is 2.88 bits per heavy atom. The second kappa shape index (κ2) is 5.44. The quantitative estimate of drug-likeness (QED) is 0.487. The summed E-state index contributed by atoms with van der Waals surface area (Å²) in [7, 11) is 0. The molecule has 4 rings (SSSR count). The van der Waals surface area contributed by atoms with Crippen molar-refractivity contribution in [3.8, 4) is 0 Å². The van der Waals surface area contributed by atoms with E-state index in [0.717, 1.165) is 28.8 Å². The molecular formula is C19H17FN2O2. The predicted octanol–water partition coefficient (Wildman–Crippen LogP) is 4.87. The first-order valence-electron chi connectivity index (χ1n) is 8.02. The maximum Gasteiger partial charge on any atom is 0.270 e. The maximum atomic E-state index is 13.7. The SMILES string of the molecule is Cc1cc([N+](=O)[O-])cc2c1N[C@H](c1cccc(F)c1)[C@@H]1CC=C[C@H]21. The van der Waals surface area contributed by atoms with Crippen LogP contribution in [0.3, 0.4) is 0 Å². The van der Waals surface area contributed by atoms with Crippen LogP contribution in [-0.2, 0) is 0 Å². The molecule has 2 aromatic rings. The number of nitro groups is 1. The fourth-order valence-electron chi connectivity index (χ4n) is 4.00. The Labute approximate surface area is 139 Å². The third-order valence-corrected chi connectivity index (χ3v) is 5.07. The Morgan fingerprint density at radius 2 is 2.12 bits per heavy atom. The van der Waals surface area contributed by atoms with Gasteiger partial charge in [0.1, 0.15) is 5.82 Å². The van der Waals surface area contributed by atoms with E-state index in [0.29, 0.717) is 0 Å². The molecule has 1 N–H and O–H groups in total. The van der Waals surface area contributed by atoms with Gasteiger partial charge in [-0.25, -0.2) is 4.39 Å². The van der Waals surface area contributed by atoms with Crippen molar-refractivity contribution in [1.29, 1.82) is 0 Å². The van der Waals surface area contributed by atoms with Crippen molar-refractivity contribution in [2.45, 2.75) is 25.3 Å². The molecule has 2 aromatic carbocycles. The van der Waals surface area contributed by atoms with Crippen LogP contribution in [0.2, 0.25) is 0 Å². The molecule has 1 heterocycles. The Kier molecular flexibility index (Phi) is 3.37. The first kappa shape index (κ1) is 14.9. The summed E-state index contributed by atoms with van der Waals surface area (Å²) in [5.74, 6) is 0.108. The number of rotatable bonds is 2. The molecule has 0 fully saturated rings. The number of nitrogens with one attached hydrogen (secondary N) is 1. The number of allylic oxidation sites excluding steroid dienone is 2. The number of halogens is 1. The van der Waals surface area contributed by atoms with Crippen LogP contribution in [-0.4, -0.2) is 4.92 Å². The van der Waals surface area contributed by atoms with Crippen LogP contribution in [0, 0.1) is 28.8 Å². The lowest BCUT2D eigenvalue weighted by Crippen LogP contribution is -2.29. The second-order valence-corrected chi connectivity index (χ2v) is 6.51. The normalized spacial score (nSPS) is 24.2. The van der Waals surface area contributed by atoms with Gasteiger partial charge in [-0.15, -0.1) is 0 Å². The van der Waals surface area contributed by atoms with E-state index in [9.17, 15) is 14.5 Å². The van der Waals surface area contributed by atoms with Crippen LogP contribution in [0.25, 0.3) is 0 Å². The van der Waals surface area contributed by atoms with Crippen molar-refractivity contribution in [3.05, 3.63) is 81.2 Å². The molecule has 0 radical (unpaired) electrons. The summed E-state index contributed by atoms with van der Waals surface area (Å²) in [6, 6.07) is 9.92. The van der Waals surface area contributed by atoms with Gasteiger partial charge in [0.2, 0.25) is 0 Å². The van der Waals surface area contributed by atoms with Crippen LogP contribution in [0.4, 0.5) is 15.8 Å². The Morgan fingerprint density at radius 1 is 1.29 bits per heavy atom. The average molecular weight is 324 g/mol. The minimum atomic E-state index is -0.348. The smallest absolute Gasteiger partial charge is 0.270 e. The van der Waals surface area contributed by atoms with Crippen LogP contribution in [0.5, 0.6) is 0 Å². The standard InChI is InChI=1S/C19H17FN2O2/c1-11-8-14(22(23)24)10-17-15-6-3-7-16(15)19(21-18(11)17)12-4-2-5-13(20)9-12/h2-6,8-10,15-16,19,21H,7H2,1H3/t15-,16+,19+/m0/s1. The Bertz CT molecular complexity index is 862. The molecule has 5 heteroatoms. The molecule has 24 heavy (non-hydrogen) atoms. The minimum absolute atomic E-state index is 0.00615. The number of fused-ring (bicyclic) bond motifs is 3. The molecule has 2 aliphatic rings. The summed E-state index contributed by atoms with van der Waals surface area (Å²) < 4.78 is 13.7. The van der Waals surface area contributed by atoms with Crippen LogP contribution in [0.1, 0.15) is 35.1 Å². The van der Waals surface area contributed by atoms with Crippen molar-refractivity contribution in [1.82, 2.24) is 0 Å². The molecule has 0 saturated heterocycles. The third kappa shape index (κ3) is 2.28. The van der Waals surface area contributed by atoms with E-state index >= 15 is 0 Å². The van der Waals surface area contributed by atoms with Gasteiger partial charge >= 0.3 is 0 Å². The van der Waals surface area contributed by atoms with Crippen LogP contribution >= 0.6 is 0 Å². The number of nitro benzene ring substituents is 1. The molecule has 3 atom stereocenters. The summed E-state index contributed by atoms with van der Waals surface area (Å²) >= 11 is 0. The number of aryl methyl sites for hydroxylation is 1. The fraction of sp³-hybridized carbons (Fsp3) is 0.263. The second-order valence-electron chi connectivity index (χ2n) is 6.51. The lowest BCUT2D eigenvalue weighted by Gasteiger charge is -2.38. The highest BCUT2D eigenvalue weighted by Crippen LogP contribution is 2.51. The molecule has 1 aliphatic carbocycles. The lowest BCUT2D eigenvalue weighted by atomic mass is 9.76. The summed E-state index contributed by atoms with van der Waals surface area (Å²) in [6.07, 6.45) is 5.12. The molecule has 0 amide bonds. The summed E-state index contributed by atoms with van der Waals surface area (Å²) in [6.45, 7) is 1.88. The first-order chi connectivity index (χ1) is 11.5. The van der Waals surface area contributed by atoms with E-state index in [4.69, 9.17) is 0 Å². The molecule has 1 aliphatic heterocycles. The molecule has 0 saturated carbocycles. The van der Waals surface area contributed by atoms with Crippen LogP contribution in [0.15, 0.2) is 48.6 Å². The predicted molar refractivity (Wildman–Crippen MR) is 90.6 cm³/mol. The number of hydrogen-bond donors (Lipinski definition) is 1. The molecule has 0 bridgehead atoms. The molecule has 0 unspecified atom stereocenters. The molecule has 122 valence electrons. The van der Waals surface area contributed by atoms with Gasteiger partial charge in [0, 0.05) is 23.7 Å². The number of nitrogens with zero attached hydrogens (tertiary/aromatic N) is 1. The molecule has 0 spiro atoms. The zero-order valence-corrected chi connectivity index (χ0v) is 13.2. The zero-order valence-electron chi connectivity index (χ0n) is 13.2. The summed E-state index contributed by atoms with van der Waals surface area (Å²) in [5, 5.41) is 14.7. The van der Waals surface area contributed by atoms with Crippen molar-refractivity contribution in [3.63, 3.8) is 0 Å². The number of benzene rings is 2. The van der Waals surface area contributed by atoms with Crippen molar-refractivity contribution < 1.29 is 9.31 Å². The van der Waals surface area contributed by atoms with Crippen molar-refractivity contribution in [2.75, 3.05) is 5.32 Å². The van der Waals surface area contributed by atoms with Gasteiger partial charge in [-0.3, -0.25) is 10.1 Å². The molecule has 4 nitrogen and oxygen atoms in total. The van der Waals surface area contributed by atoms with E-state index in [1.807, 2.05) is 13.0 Å². The number of non-ortho nitro benzene ring substituents is 1. The maximum absolute atomic E-state index is 13.7. The van der Waals surface area contributed by atoms with Gasteiger partial charge in [-0.2, -0.15) is 0 Å². The zero-order chi connectivity index (χ0) is 16.8. The van der Waals surface area contributed by atoms with E-state index in [1.54, 1.807) is 24.3 Å². The highest BCUT2D eigenvalue weighted by Gasteiger charge is 2.39. The molecular weight excluding hydrogens is 307 g/mol. The third-order valence-electron chi connectivity index (χ3n) is 5.07. The van der Waals surface area contributed by atoms with Crippen LogP contribution < -0.4 is 5.32 Å². The number of hydrogen-bond acceptors (Lipinski definition) is 3. The van der Waals surface area contributed by atoms with Gasteiger partial charge in [0.05, 0.1) is 11.0 Å². The number of anilines is 1. The highest BCUT2D eigenvalue weighted by molar-refractivity contribution is 5.67. The average Bonchev–Trinajstić information content (AvgIpc) is 3.04. The largest absolute Gasteiger partial charge is 0.377 e. The van der Waals surface area contributed by atoms with E-state index in [1.165, 1.54) is 6.07 Å². The highest BCUT2D eigenvalue weighted by atomic mass is 19.1. The molecule has 0 aromatic heterocycles. The minimum Gasteiger partial charge on any atom is -0.377 e. The van der Waals surface area contributed by atoms with Gasteiger partial charge < -0.3 is 5.32 Å². The fourth-order valence-corrected chi connectivity index (χ4v) is 4.00. The lowest BCUT2D eigenvalue weighted by molar-refractivity contribution is -0.385.